The number of hydroxylamine groups is 2. The average Bonchev–Trinajstić information content (AvgIpc) is 3.55. The lowest BCUT2D eigenvalue weighted by molar-refractivity contribution is -0.151. The zero-order valence-corrected chi connectivity index (χ0v) is 22.0. The third-order valence-corrected chi connectivity index (χ3v) is 8.55. The first-order valence-corrected chi connectivity index (χ1v) is 13.7. The lowest BCUT2D eigenvalue weighted by Gasteiger charge is -2.49. The first kappa shape index (κ1) is 26.6. The minimum absolute atomic E-state index is 0.0380. The maximum atomic E-state index is 13.3. The van der Waals surface area contributed by atoms with E-state index >= 15 is 0 Å². The number of nitrogens with one attached hydrogen (secondary N) is 2. The van der Waals surface area contributed by atoms with Gasteiger partial charge in [0, 0.05) is 18.6 Å². The number of fused-ring (bicyclic) bond motifs is 1. The second-order valence-corrected chi connectivity index (χ2v) is 10.6. The Bertz CT molecular complexity index is 1370. The fraction of sp³-hybridized carbons (Fsp3) is 0.364. The maximum absolute atomic E-state index is 13.3. The zero-order valence-electron chi connectivity index (χ0n) is 20.3. The number of carbonyl (C=O) groups is 5. The van der Waals surface area contributed by atoms with Crippen molar-refractivity contribution in [3.63, 3.8) is 0 Å². The molecule has 1 unspecified atom stereocenters. The van der Waals surface area contributed by atoms with Crippen molar-refractivity contribution in [1.29, 1.82) is 0 Å². The summed E-state index contributed by atoms with van der Waals surface area (Å²) >= 11 is 2.56. The van der Waals surface area contributed by atoms with Crippen LogP contribution in [0.15, 0.2) is 46.8 Å². The molecule has 0 aliphatic carbocycles. The molecule has 2 saturated heterocycles. The van der Waals surface area contributed by atoms with Crippen LogP contribution in [0.1, 0.15) is 18.0 Å². The van der Waals surface area contributed by atoms with Gasteiger partial charge in [-0.1, -0.05) is 42.1 Å². The highest BCUT2D eigenvalue weighted by Gasteiger charge is 2.54. The Kier molecular flexibility index (Phi) is 7.53. The largest absolute Gasteiger partial charge is 0.477 e. The number of rotatable bonds is 8. The number of carboxylic acid groups (broad SMARTS) is 1. The van der Waals surface area contributed by atoms with E-state index in [1.807, 2.05) is 0 Å². The second-order valence-electron chi connectivity index (χ2n) is 8.59. The van der Waals surface area contributed by atoms with Gasteiger partial charge in [-0.25, -0.2) is 14.3 Å². The van der Waals surface area contributed by atoms with Crippen LogP contribution in [0.3, 0.4) is 0 Å². The summed E-state index contributed by atoms with van der Waals surface area (Å²) in [5, 5.41) is 26.6. The van der Waals surface area contributed by atoms with E-state index < -0.39 is 47.2 Å². The molecule has 15 nitrogen and oxygen atoms in total. The number of carboxylic acids is 1. The SMILES string of the molecule is Cn1nnnc1SCC1=C(C(=O)O)N2C(=O)C(NC(=O)[C@H](NC(=O)N3OCCC3=O)c3ccccc3)[C@H]2SC1. The first-order chi connectivity index (χ1) is 18.8. The van der Waals surface area contributed by atoms with Crippen LogP contribution in [0.4, 0.5) is 4.79 Å². The average molecular weight is 575 g/mol. The summed E-state index contributed by atoms with van der Waals surface area (Å²) in [5.74, 6) is -2.51. The molecule has 2 fully saturated rings. The van der Waals surface area contributed by atoms with Crippen LogP contribution in [-0.4, -0.2) is 94.5 Å². The number of imide groups is 1. The van der Waals surface area contributed by atoms with Crippen LogP contribution in [0.2, 0.25) is 0 Å². The molecule has 3 atom stereocenters. The number of amides is 5. The van der Waals surface area contributed by atoms with Gasteiger partial charge in [-0.2, -0.15) is 0 Å². The summed E-state index contributed by atoms with van der Waals surface area (Å²) in [6.07, 6.45) is 0.0380. The highest BCUT2D eigenvalue weighted by molar-refractivity contribution is 8.01. The van der Waals surface area contributed by atoms with Crippen molar-refractivity contribution in [1.82, 2.24) is 40.8 Å². The highest BCUT2D eigenvalue weighted by Crippen LogP contribution is 2.41. The monoisotopic (exact) mass is 574 g/mol. The van der Waals surface area contributed by atoms with Gasteiger partial charge < -0.3 is 15.7 Å². The van der Waals surface area contributed by atoms with E-state index in [4.69, 9.17) is 4.84 Å². The summed E-state index contributed by atoms with van der Waals surface area (Å²) < 4.78 is 1.46. The maximum Gasteiger partial charge on any atom is 0.352 e. The van der Waals surface area contributed by atoms with Gasteiger partial charge in [0.1, 0.15) is 23.2 Å². The molecule has 1 aromatic heterocycles. The van der Waals surface area contributed by atoms with Gasteiger partial charge in [-0.05, 0) is 21.6 Å². The molecule has 3 aliphatic rings. The topological polar surface area (TPSA) is 189 Å². The molecule has 0 bridgehead atoms. The lowest BCUT2D eigenvalue weighted by atomic mass is 10.0. The highest BCUT2D eigenvalue weighted by atomic mass is 32.2. The number of thioether (sulfide) groups is 2. The number of aliphatic carboxylic acids is 1. The number of aromatic nitrogens is 4. The molecule has 17 heteroatoms. The van der Waals surface area contributed by atoms with Crippen molar-refractivity contribution < 1.29 is 33.9 Å². The van der Waals surface area contributed by atoms with Gasteiger partial charge in [-0.15, -0.1) is 21.9 Å². The minimum atomic E-state index is -1.25. The summed E-state index contributed by atoms with van der Waals surface area (Å²) in [7, 11) is 1.66. The van der Waals surface area contributed by atoms with Crippen molar-refractivity contribution in [2.24, 2.45) is 7.05 Å². The Balaban J connectivity index is 1.30. The summed E-state index contributed by atoms with van der Waals surface area (Å²) in [4.78, 5) is 69.3. The number of nitrogens with zero attached hydrogens (tertiary/aromatic N) is 6. The Morgan fingerprint density at radius 3 is 2.67 bits per heavy atom. The molecule has 3 aliphatic heterocycles. The smallest absolute Gasteiger partial charge is 0.352 e. The predicted octanol–water partition coefficient (Wildman–Crippen LogP) is -0.344. The van der Waals surface area contributed by atoms with E-state index in [0.717, 1.165) is 0 Å². The Morgan fingerprint density at radius 2 is 2.03 bits per heavy atom. The minimum Gasteiger partial charge on any atom is -0.477 e. The number of β-lactam (4-membered cyclic amide) rings is 1. The number of hydrogen-bond donors (Lipinski definition) is 3. The number of benzene rings is 1. The van der Waals surface area contributed by atoms with Gasteiger partial charge in [-0.3, -0.25) is 24.1 Å². The van der Waals surface area contributed by atoms with E-state index in [1.165, 1.54) is 33.1 Å². The van der Waals surface area contributed by atoms with E-state index in [2.05, 4.69) is 26.2 Å². The predicted molar refractivity (Wildman–Crippen MR) is 134 cm³/mol. The van der Waals surface area contributed by atoms with Gasteiger partial charge in [0.15, 0.2) is 0 Å². The molecule has 4 heterocycles. The Hall–Kier alpha value is -3.96. The first-order valence-electron chi connectivity index (χ1n) is 11.6. The molecular weight excluding hydrogens is 552 g/mol. The molecule has 5 amide bonds. The van der Waals surface area contributed by atoms with Gasteiger partial charge in [0.2, 0.25) is 11.1 Å². The molecule has 5 rings (SSSR count). The molecule has 39 heavy (non-hydrogen) atoms. The lowest BCUT2D eigenvalue weighted by Crippen LogP contribution is -2.71. The molecule has 2 aromatic rings. The van der Waals surface area contributed by atoms with Crippen LogP contribution in [-0.2, 0) is 31.1 Å². The van der Waals surface area contributed by atoms with E-state index in [9.17, 15) is 29.1 Å². The van der Waals surface area contributed by atoms with Gasteiger partial charge in [0.25, 0.3) is 11.8 Å². The third-order valence-electron chi connectivity index (χ3n) is 6.11. The Morgan fingerprint density at radius 1 is 1.26 bits per heavy atom. The summed E-state index contributed by atoms with van der Waals surface area (Å²) in [6.45, 7) is 0.0508. The van der Waals surface area contributed by atoms with Gasteiger partial charge in [0.05, 0.1) is 13.0 Å². The van der Waals surface area contributed by atoms with E-state index in [1.54, 1.807) is 37.4 Å². The van der Waals surface area contributed by atoms with Gasteiger partial charge >= 0.3 is 12.0 Å². The number of tetrazole rings is 1. The van der Waals surface area contributed by atoms with Crippen LogP contribution >= 0.6 is 23.5 Å². The van der Waals surface area contributed by atoms with Crippen molar-refractivity contribution in [3.05, 3.63) is 47.2 Å². The van der Waals surface area contributed by atoms with Crippen LogP contribution in [0.25, 0.3) is 0 Å². The van der Waals surface area contributed by atoms with Crippen molar-refractivity contribution >= 4 is 53.2 Å². The fourth-order valence-corrected chi connectivity index (χ4v) is 6.56. The fourth-order valence-electron chi connectivity index (χ4n) is 4.22. The second kappa shape index (κ2) is 11.0. The van der Waals surface area contributed by atoms with Crippen LogP contribution < -0.4 is 10.6 Å². The number of urea groups is 1. The van der Waals surface area contributed by atoms with E-state index in [0.29, 0.717) is 27.1 Å². The van der Waals surface area contributed by atoms with Crippen molar-refractivity contribution in [3.8, 4) is 0 Å². The Labute approximate surface area is 229 Å². The summed E-state index contributed by atoms with van der Waals surface area (Å²) in [6, 6.07) is 5.14. The molecule has 1 aromatic carbocycles. The number of aryl methyl sites for hydroxylation is 1. The normalized spacial score (nSPS) is 21.4. The standard InChI is InChI=1S/C22H22N8O7S2/c1-28-22(25-26-27-28)39-10-12-9-38-19-15(18(33)29(19)16(12)20(34)35)23-17(32)14(11-5-3-2-4-6-11)24-21(36)30-13(31)7-8-37-30/h2-6,14-15,19H,7-10H2,1H3,(H,23,32)(H,24,36)(H,34,35)/t14-,15?,19-/m1/s1. The van der Waals surface area contributed by atoms with E-state index in [-0.39, 0.29) is 24.5 Å². The molecule has 204 valence electrons. The van der Waals surface area contributed by atoms with Crippen molar-refractivity contribution in [2.75, 3.05) is 18.1 Å². The summed E-state index contributed by atoms with van der Waals surface area (Å²) in [5.41, 5.74) is 0.813. The van der Waals surface area contributed by atoms with Crippen LogP contribution in [0.5, 0.6) is 0 Å². The zero-order chi connectivity index (χ0) is 27.7. The molecule has 3 N–H and O–H groups in total. The molecule has 0 spiro atoms. The quantitative estimate of drug-likeness (QED) is 0.275. The van der Waals surface area contributed by atoms with Crippen molar-refractivity contribution in [2.45, 2.75) is 29.0 Å². The van der Waals surface area contributed by atoms with Crippen LogP contribution in [0, 0.1) is 0 Å². The molecular formula is C22H22N8O7S2. The third kappa shape index (κ3) is 5.19. The number of hydrogen-bond acceptors (Lipinski definition) is 11. The molecule has 0 saturated carbocycles. The number of carbonyl (C=O) groups excluding carboxylic acids is 4. The molecule has 0 radical (unpaired) electrons.